The quantitative estimate of drug-likeness (QED) is 0.408. The number of aromatic nitrogens is 2. The van der Waals surface area contributed by atoms with Crippen LogP contribution in [0.2, 0.25) is 0 Å². The van der Waals surface area contributed by atoms with E-state index < -0.39 is 5.69 Å². The monoisotopic (exact) mass is 467 g/mol. The van der Waals surface area contributed by atoms with Gasteiger partial charge in [-0.3, -0.25) is 18.7 Å². The van der Waals surface area contributed by atoms with Crippen LogP contribution in [0, 0.1) is 0 Å². The van der Waals surface area contributed by atoms with Crippen LogP contribution in [0.5, 0.6) is 0 Å². The van der Waals surface area contributed by atoms with E-state index in [0.29, 0.717) is 23.2 Å². The van der Waals surface area contributed by atoms with E-state index >= 15 is 0 Å². The molecule has 8 heteroatoms. The molecular formula is C24H25N3O3S2. The molecule has 1 amide bonds. The molecule has 0 bridgehead atoms. The molecule has 1 atom stereocenters. The third kappa shape index (κ3) is 5.08. The maximum absolute atomic E-state index is 13.1. The number of aryl methyl sites for hydroxylation is 2. The Labute approximate surface area is 193 Å². The lowest BCUT2D eigenvalue weighted by Crippen LogP contribution is -2.43. The van der Waals surface area contributed by atoms with Crippen molar-refractivity contribution < 1.29 is 4.79 Å². The van der Waals surface area contributed by atoms with Crippen molar-refractivity contribution in [2.45, 2.75) is 45.3 Å². The van der Waals surface area contributed by atoms with Gasteiger partial charge in [0.15, 0.2) is 0 Å². The van der Waals surface area contributed by atoms with Gasteiger partial charge in [-0.15, -0.1) is 22.7 Å². The molecule has 1 N–H and O–H groups in total. The van der Waals surface area contributed by atoms with Crippen LogP contribution in [0.3, 0.4) is 0 Å². The molecule has 32 heavy (non-hydrogen) atoms. The zero-order valence-corrected chi connectivity index (χ0v) is 19.5. The van der Waals surface area contributed by atoms with Crippen molar-refractivity contribution in [3.05, 3.63) is 90.6 Å². The van der Waals surface area contributed by atoms with Crippen LogP contribution in [0.25, 0.3) is 10.2 Å². The Bertz CT molecular complexity index is 1300. The number of thiophene rings is 2. The van der Waals surface area contributed by atoms with Crippen LogP contribution in [-0.2, 0) is 30.7 Å². The Kier molecular flexibility index (Phi) is 7.02. The van der Waals surface area contributed by atoms with Gasteiger partial charge in [0.25, 0.3) is 5.56 Å². The first-order valence-corrected chi connectivity index (χ1v) is 12.4. The van der Waals surface area contributed by atoms with Crippen LogP contribution < -0.4 is 16.6 Å². The van der Waals surface area contributed by atoms with E-state index in [1.165, 1.54) is 26.0 Å². The van der Waals surface area contributed by atoms with Gasteiger partial charge in [0.1, 0.15) is 11.2 Å². The highest BCUT2D eigenvalue weighted by molar-refractivity contribution is 7.17. The fourth-order valence-electron chi connectivity index (χ4n) is 3.72. The molecule has 1 aromatic carbocycles. The normalized spacial score (nSPS) is 12.2. The van der Waals surface area contributed by atoms with Crippen molar-refractivity contribution >= 4 is 38.8 Å². The number of hydrogen-bond acceptors (Lipinski definition) is 5. The van der Waals surface area contributed by atoms with Gasteiger partial charge in [-0.1, -0.05) is 36.4 Å². The SMILES string of the molecule is CC(CCc1ccccc1)NC(=O)Cn1c(=O)n(CCc2cccs2)c(=O)c2sccc21. The first kappa shape index (κ1) is 22.2. The standard InChI is InChI=1S/C24H25N3O3S2/c1-17(9-10-18-6-3-2-4-7-18)25-21(28)16-27-20-12-15-32-22(20)23(29)26(24(27)30)13-11-19-8-5-14-31-19/h2-8,12,14-15,17H,9-11,13,16H2,1H3,(H,25,28). The molecule has 6 nitrogen and oxygen atoms in total. The maximum atomic E-state index is 13.1. The topological polar surface area (TPSA) is 73.1 Å². The Morgan fingerprint density at radius 2 is 1.78 bits per heavy atom. The molecule has 3 heterocycles. The number of fused-ring (bicyclic) bond motifs is 1. The molecule has 0 saturated carbocycles. The van der Waals surface area contributed by atoms with E-state index in [0.717, 1.165) is 17.7 Å². The summed E-state index contributed by atoms with van der Waals surface area (Å²) in [6.45, 7) is 2.15. The predicted molar refractivity (Wildman–Crippen MR) is 131 cm³/mol. The second-order valence-corrected chi connectivity index (χ2v) is 9.73. The first-order chi connectivity index (χ1) is 15.5. The lowest BCUT2D eigenvalue weighted by molar-refractivity contribution is -0.122. The van der Waals surface area contributed by atoms with Gasteiger partial charge in [-0.05, 0) is 54.6 Å². The Morgan fingerprint density at radius 1 is 0.969 bits per heavy atom. The lowest BCUT2D eigenvalue weighted by Gasteiger charge is -2.16. The molecule has 0 aliphatic rings. The highest BCUT2D eigenvalue weighted by Crippen LogP contribution is 2.16. The maximum Gasteiger partial charge on any atom is 0.332 e. The number of nitrogens with one attached hydrogen (secondary N) is 1. The van der Waals surface area contributed by atoms with Crippen LogP contribution in [0.1, 0.15) is 23.8 Å². The second-order valence-electron chi connectivity index (χ2n) is 7.78. The highest BCUT2D eigenvalue weighted by Gasteiger charge is 2.17. The molecular weight excluding hydrogens is 442 g/mol. The Morgan fingerprint density at radius 3 is 2.53 bits per heavy atom. The molecule has 0 fully saturated rings. The van der Waals surface area contributed by atoms with Crippen molar-refractivity contribution in [2.24, 2.45) is 0 Å². The molecule has 0 saturated heterocycles. The number of rotatable bonds is 9. The zero-order chi connectivity index (χ0) is 22.5. The molecule has 3 aromatic heterocycles. The van der Waals surface area contributed by atoms with Gasteiger partial charge in [-0.25, -0.2) is 4.79 Å². The fraction of sp³-hybridized carbons (Fsp3) is 0.292. The Balaban J connectivity index is 1.49. The number of carbonyl (C=O) groups is 1. The van der Waals surface area contributed by atoms with Crippen molar-refractivity contribution in [1.82, 2.24) is 14.5 Å². The van der Waals surface area contributed by atoms with Crippen LogP contribution in [-0.4, -0.2) is 21.1 Å². The average molecular weight is 468 g/mol. The van der Waals surface area contributed by atoms with Gasteiger partial charge in [0, 0.05) is 17.5 Å². The zero-order valence-electron chi connectivity index (χ0n) is 17.8. The van der Waals surface area contributed by atoms with E-state index in [1.807, 2.05) is 42.6 Å². The highest BCUT2D eigenvalue weighted by atomic mass is 32.1. The molecule has 0 aliphatic heterocycles. The van der Waals surface area contributed by atoms with Crippen LogP contribution in [0.4, 0.5) is 0 Å². The molecule has 4 aromatic rings. The molecule has 0 spiro atoms. The van der Waals surface area contributed by atoms with Crippen molar-refractivity contribution in [2.75, 3.05) is 0 Å². The average Bonchev–Trinajstić information content (AvgIpc) is 3.48. The summed E-state index contributed by atoms with van der Waals surface area (Å²) in [6.07, 6.45) is 2.27. The summed E-state index contributed by atoms with van der Waals surface area (Å²) in [5.41, 5.74) is 1.01. The van der Waals surface area contributed by atoms with Gasteiger partial charge in [-0.2, -0.15) is 0 Å². The lowest BCUT2D eigenvalue weighted by atomic mass is 10.1. The third-order valence-corrected chi connectivity index (χ3v) is 7.24. The van der Waals surface area contributed by atoms with Crippen LogP contribution >= 0.6 is 22.7 Å². The number of nitrogens with zero attached hydrogens (tertiary/aromatic N) is 2. The van der Waals surface area contributed by atoms with Crippen LogP contribution in [0.15, 0.2) is 68.9 Å². The number of hydrogen-bond donors (Lipinski definition) is 1. The van der Waals surface area contributed by atoms with Crippen molar-refractivity contribution in [1.29, 1.82) is 0 Å². The van der Waals surface area contributed by atoms with E-state index in [4.69, 9.17) is 0 Å². The summed E-state index contributed by atoms with van der Waals surface area (Å²) >= 11 is 2.90. The first-order valence-electron chi connectivity index (χ1n) is 10.6. The number of benzene rings is 1. The van der Waals surface area contributed by atoms with Gasteiger partial charge in [0.05, 0.1) is 5.52 Å². The third-order valence-electron chi connectivity index (χ3n) is 5.42. The summed E-state index contributed by atoms with van der Waals surface area (Å²) < 4.78 is 3.17. The van der Waals surface area contributed by atoms with Gasteiger partial charge >= 0.3 is 5.69 Å². The van der Waals surface area contributed by atoms with Crippen molar-refractivity contribution in [3.63, 3.8) is 0 Å². The minimum atomic E-state index is -0.440. The molecule has 4 rings (SSSR count). The number of carbonyl (C=O) groups excluding carboxylic acids is 1. The summed E-state index contributed by atoms with van der Waals surface area (Å²) in [5.74, 6) is -0.233. The minimum absolute atomic E-state index is 0.0268. The fourth-order valence-corrected chi connectivity index (χ4v) is 5.27. The summed E-state index contributed by atoms with van der Waals surface area (Å²) in [7, 11) is 0. The molecule has 1 unspecified atom stereocenters. The van der Waals surface area contributed by atoms with E-state index in [-0.39, 0.29) is 24.1 Å². The molecule has 0 radical (unpaired) electrons. The summed E-state index contributed by atoms with van der Waals surface area (Å²) in [4.78, 5) is 39.9. The van der Waals surface area contributed by atoms with E-state index in [2.05, 4.69) is 17.4 Å². The number of amides is 1. The molecule has 0 aliphatic carbocycles. The minimum Gasteiger partial charge on any atom is -0.352 e. The second kappa shape index (κ2) is 10.1. The van der Waals surface area contributed by atoms with Crippen molar-refractivity contribution in [3.8, 4) is 0 Å². The van der Waals surface area contributed by atoms with E-state index in [1.54, 1.807) is 22.8 Å². The Hall–Kier alpha value is -2.97. The van der Waals surface area contributed by atoms with Gasteiger partial charge in [0.2, 0.25) is 5.91 Å². The molecule has 166 valence electrons. The summed E-state index contributed by atoms with van der Waals surface area (Å²) in [6, 6.07) is 15.8. The van der Waals surface area contributed by atoms with Gasteiger partial charge < -0.3 is 5.32 Å². The largest absolute Gasteiger partial charge is 0.352 e. The smallest absolute Gasteiger partial charge is 0.332 e. The predicted octanol–water partition coefficient (Wildman–Crippen LogP) is 3.67. The van der Waals surface area contributed by atoms with E-state index in [9.17, 15) is 14.4 Å². The summed E-state index contributed by atoms with van der Waals surface area (Å²) in [5, 5.41) is 6.75.